The van der Waals surface area contributed by atoms with E-state index in [1.54, 1.807) is 7.11 Å². The van der Waals surface area contributed by atoms with E-state index in [4.69, 9.17) is 14.6 Å². The van der Waals surface area contributed by atoms with Crippen molar-refractivity contribution in [3.8, 4) is 11.5 Å². The molecule has 7 nitrogen and oxygen atoms in total. The van der Waals surface area contributed by atoms with Gasteiger partial charge in [0, 0.05) is 30.5 Å². The molecule has 2 N–H and O–H groups in total. The molecule has 4 atom stereocenters. The van der Waals surface area contributed by atoms with E-state index < -0.39 is 6.09 Å². The van der Waals surface area contributed by atoms with Crippen molar-refractivity contribution in [3.05, 3.63) is 23.3 Å². The summed E-state index contributed by atoms with van der Waals surface area (Å²) >= 11 is 0. The van der Waals surface area contributed by atoms with Gasteiger partial charge in [-0.2, -0.15) is 0 Å². The molecule has 2 heterocycles. The lowest BCUT2D eigenvalue weighted by Gasteiger charge is -2.57. The maximum atomic E-state index is 12.6. The standard InChI is InChI=1S/C18H21NO3.C2H5NO2/c1-19-8-7-18-11-4-5-13(20)17(18)22-16-14(21-2)6-3-10(15(16)18)9-12(11)19;1-3-2(4)5/h3,6,11-12,17H,4-5,7-9H2,1-2H3;3H,1H3,(H,4,5)/t11-,12+,17-,18-;/m0./s1. The van der Waals surface area contributed by atoms with E-state index in [2.05, 4.69) is 18.0 Å². The maximum absolute atomic E-state index is 12.6. The molecule has 1 aromatic rings. The lowest BCUT2D eigenvalue weighted by molar-refractivity contribution is -0.138. The fraction of sp³-hybridized carbons (Fsp3) is 0.600. The zero-order chi connectivity index (χ0) is 19.3. The van der Waals surface area contributed by atoms with Gasteiger partial charge < -0.3 is 24.8 Å². The Labute approximate surface area is 158 Å². The molecule has 0 radical (unpaired) electrons. The van der Waals surface area contributed by atoms with Crippen LogP contribution in [0.2, 0.25) is 0 Å². The van der Waals surface area contributed by atoms with Crippen molar-refractivity contribution < 1.29 is 24.2 Å². The van der Waals surface area contributed by atoms with Gasteiger partial charge in [-0.25, -0.2) is 4.79 Å². The number of amides is 1. The number of likely N-dealkylation sites (N-methyl/N-ethyl adjacent to an activating group) is 1. The summed E-state index contributed by atoms with van der Waals surface area (Å²) in [6.07, 6.45) is 2.47. The number of ether oxygens (including phenoxy) is 2. The summed E-state index contributed by atoms with van der Waals surface area (Å²) in [4.78, 5) is 24.4. The molecule has 2 bridgehead atoms. The highest BCUT2D eigenvalue weighted by molar-refractivity contribution is 5.89. The summed E-state index contributed by atoms with van der Waals surface area (Å²) < 4.78 is 11.8. The molecule has 4 aliphatic rings. The van der Waals surface area contributed by atoms with E-state index in [0.717, 1.165) is 37.3 Å². The Morgan fingerprint density at radius 3 is 2.85 bits per heavy atom. The van der Waals surface area contributed by atoms with Gasteiger partial charge in [-0.15, -0.1) is 0 Å². The van der Waals surface area contributed by atoms with E-state index in [9.17, 15) is 9.59 Å². The van der Waals surface area contributed by atoms with Gasteiger partial charge >= 0.3 is 6.09 Å². The molecule has 1 aromatic carbocycles. The number of hydrogen-bond donors (Lipinski definition) is 2. The third-order valence-corrected chi connectivity index (χ3v) is 6.80. The average Bonchev–Trinajstić information content (AvgIpc) is 3.02. The first kappa shape index (κ1) is 18.1. The summed E-state index contributed by atoms with van der Waals surface area (Å²) in [5.74, 6) is 2.46. The quantitative estimate of drug-likeness (QED) is 0.780. The highest BCUT2D eigenvalue weighted by Gasteiger charge is 2.65. The van der Waals surface area contributed by atoms with E-state index in [-0.39, 0.29) is 17.3 Å². The number of rotatable bonds is 1. The summed E-state index contributed by atoms with van der Waals surface area (Å²) in [6.45, 7) is 1.05. The minimum atomic E-state index is -0.995. The topological polar surface area (TPSA) is 88.1 Å². The Bertz CT molecular complexity index is 795. The number of hydrogen-bond acceptors (Lipinski definition) is 5. The molecule has 146 valence electrons. The fourth-order valence-electron chi connectivity index (χ4n) is 5.67. The Morgan fingerprint density at radius 2 is 2.19 bits per heavy atom. The summed E-state index contributed by atoms with van der Waals surface area (Å²) in [7, 11) is 5.26. The number of methoxy groups -OCH3 is 1. The molecule has 2 fully saturated rings. The summed E-state index contributed by atoms with van der Waals surface area (Å²) in [6, 6.07) is 4.73. The number of carboxylic acid groups (broad SMARTS) is 1. The first-order valence-corrected chi connectivity index (χ1v) is 9.44. The Hall–Kier alpha value is -2.28. The normalized spacial score (nSPS) is 32.6. The number of likely N-dealkylation sites (tertiary alicyclic amines) is 1. The number of carbonyl (C=O) groups is 2. The van der Waals surface area contributed by atoms with E-state index in [1.807, 2.05) is 11.4 Å². The molecule has 7 heteroatoms. The number of nitrogens with one attached hydrogen (secondary N) is 1. The maximum Gasteiger partial charge on any atom is 0.404 e. The molecule has 0 unspecified atom stereocenters. The van der Waals surface area contributed by atoms with Crippen LogP contribution in [0.15, 0.2) is 12.1 Å². The van der Waals surface area contributed by atoms with Crippen molar-refractivity contribution >= 4 is 11.9 Å². The predicted molar refractivity (Wildman–Crippen MR) is 98.6 cm³/mol. The lowest BCUT2D eigenvalue weighted by atomic mass is 9.52. The zero-order valence-corrected chi connectivity index (χ0v) is 15.9. The van der Waals surface area contributed by atoms with Crippen LogP contribution in [0.5, 0.6) is 11.5 Å². The van der Waals surface area contributed by atoms with Crippen LogP contribution in [0.4, 0.5) is 4.79 Å². The van der Waals surface area contributed by atoms with Crippen molar-refractivity contribution in [2.24, 2.45) is 5.92 Å². The predicted octanol–water partition coefficient (Wildman–Crippen LogP) is 1.82. The fourth-order valence-corrected chi connectivity index (χ4v) is 5.67. The SMILES string of the molecule is CNC(=O)O.COc1ccc2c3c1O[C@H]1C(=O)CC[C@H]4[C@@H](C2)N(C)CC[C@]314. The zero-order valence-electron chi connectivity index (χ0n) is 15.9. The van der Waals surface area contributed by atoms with Crippen LogP contribution in [0.3, 0.4) is 0 Å². The number of benzene rings is 1. The van der Waals surface area contributed by atoms with E-state index >= 15 is 0 Å². The van der Waals surface area contributed by atoms with Crippen LogP contribution < -0.4 is 14.8 Å². The number of ketones is 1. The highest BCUT2D eigenvalue weighted by atomic mass is 16.5. The molecule has 1 saturated heterocycles. The second-order valence-corrected chi connectivity index (χ2v) is 7.84. The van der Waals surface area contributed by atoms with Gasteiger partial charge in [-0.3, -0.25) is 4.79 Å². The van der Waals surface area contributed by atoms with Gasteiger partial charge in [0.1, 0.15) is 0 Å². The Kier molecular flexibility index (Phi) is 4.29. The minimum absolute atomic E-state index is 0.0933. The molecule has 5 rings (SSSR count). The van der Waals surface area contributed by atoms with Crippen molar-refractivity contribution in [2.75, 3.05) is 27.7 Å². The van der Waals surface area contributed by atoms with Gasteiger partial charge in [-0.1, -0.05) is 6.07 Å². The summed E-state index contributed by atoms with van der Waals surface area (Å²) in [5, 5.41) is 9.56. The molecule has 1 spiro atoms. The minimum Gasteiger partial charge on any atom is -0.493 e. The molecule has 1 amide bonds. The van der Waals surface area contributed by atoms with Gasteiger partial charge in [0.25, 0.3) is 0 Å². The highest BCUT2D eigenvalue weighted by Crippen LogP contribution is 2.63. The molecule has 27 heavy (non-hydrogen) atoms. The largest absolute Gasteiger partial charge is 0.493 e. The summed E-state index contributed by atoms with van der Waals surface area (Å²) in [5.41, 5.74) is 2.57. The third-order valence-electron chi connectivity index (χ3n) is 6.80. The Balaban J connectivity index is 0.000000323. The van der Waals surface area contributed by atoms with E-state index in [1.165, 1.54) is 18.2 Å². The molecule has 1 saturated carbocycles. The van der Waals surface area contributed by atoms with Crippen LogP contribution >= 0.6 is 0 Å². The van der Waals surface area contributed by atoms with Gasteiger partial charge in [0.2, 0.25) is 0 Å². The smallest absolute Gasteiger partial charge is 0.404 e. The number of piperidine rings is 1. The second-order valence-electron chi connectivity index (χ2n) is 7.84. The number of Topliss-reactive ketones (excluding diaryl/α,β-unsaturated/α-hetero) is 1. The first-order valence-electron chi connectivity index (χ1n) is 9.44. The second kappa shape index (κ2) is 6.41. The van der Waals surface area contributed by atoms with Gasteiger partial charge in [-0.05, 0) is 50.4 Å². The third kappa shape index (κ3) is 2.44. The first-order chi connectivity index (χ1) is 12.9. The molecule has 2 aliphatic heterocycles. The van der Waals surface area contributed by atoms with Crippen molar-refractivity contribution in [2.45, 2.75) is 43.2 Å². The van der Waals surface area contributed by atoms with Gasteiger partial charge in [0.05, 0.1) is 7.11 Å². The van der Waals surface area contributed by atoms with Crippen LogP contribution in [0.1, 0.15) is 30.4 Å². The van der Waals surface area contributed by atoms with E-state index in [0.29, 0.717) is 18.4 Å². The van der Waals surface area contributed by atoms with Gasteiger partial charge in [0.15, 0.2) is 23.4 Å². The molecule has 2 aliphatic carbocycles. The van der Waals surface area contributed by atoms with Crippen LogP contribution in [-0.4, -0.2) is 61.8 Å². The lowest BCUT2D eigenvalue weighted by Crippen LogP contribution is -2.65. The van der Waals surface area contributed by atoms with Crippen LogP contribution in [0.25, 0.3) is 0 Å². The molecule has 0 aromatic heterocycles. The number of nitrogens with zero attached hydrogens (tertiary/aromatic N) is 1. The van der Waals surface area contributed by atoms with Crippen molar-refractivity contribution in [1.82, 2.24) is 10.2 Å². The van der Waals surface area contributed by atoms with Crippen LogP contribution in [0, 0.1) is 5.92 Å². The number of carbonyl (C=O) groups excluding carboxylic acids is 1. The monoisotopic (exact) mass is 374 g/mol. The van der Waals surface area contributed by atoms with Crippen LogP contribution in [-0.2, 0) is 16.6 Å². The Morgan fingerprint density at radius 1 is 1.44 bits per heavy atom. The molecular weight excluding hydrogens is 348 g/mol. The van der Waals surface area contributed by atoms with Crippen molar-refractivity contribution in [1.29, 1.82) is 0 Å². The van der Waals surface area contributed by atoms with Crippen molar-refractivity contribution in [3.63, 3.8) is 0 Å². The average molecular weight is 374 g/mol. The molecular formula is C20H26N2O5.